The molecule has 0 aliphatic carbocycles. The third kappa shape index (κ3) is 4.87. The highest BCUT2D eigenvalue weighted by molar-refractivity contribution is 5.98. The van der Waals surface area contributed by atoms with Crippen molar-refractivity contribution in [1.29, 1.82) is 0 Å². The maximum atomic E-state index is 13.5. The Morgan fingerprint density at radius 1 is 1.03 bits per heavy atom. The number of carbonyl (C=O) groups excluding carboxylic acids is 1. The topological polar surface area (TPSA) is 90.3 Å². The number of halogens is 1. The Bertz CT molecular complexity index is 1280. The molecule has 2 aromatic heterocycles. The van der Waals surface area contributed by atoms with Gasteiger partial charge in [0.2, 0.25) is 0 Å². The molecular formula is C24H22FN5O3. The molecular weight excluding hydrogens is 425 g/mol. The van der Waals surface area contributed by atoms with Gasteiger partial charge in [-0.25, -0.2) is 19.2 Å². The molecule has 0 bridgehead atoms. The first-order valence-corrected chi connectivity index (χ1v) is 10.3. The van der Waals surface area contributed by atoms with Crippen LogP contribution >= 0.6 is 0 Å². The summed E-state index contributed by atoms with van der Waals surface area (Å²) in [6, 6.07) is 13.5. The molecule has 0 unspecified atom stereocenters. The van der Waals surface area contributed by atoms with Crippen LogP contribution in [0.4, 0.5) is 16.0 Å². The Labute approximate surface area is 190 Å². The van der Waals surface area contributed by atoms with Gasteiger partial charge in [0.1, 0.15) is 29.2 Å². The summed E-state index contributed by atoms with van der Waals surface area (Å²) in [4.78, 5) is 22.5. The third-order valence-corrected chi connectivity index (χ3v) is 4.96. The van der Waals surface area contributed by atoms with Crippen molar-refractivity contribution in [2.45, 2.75) is 13.8 Å². The average Bonchev–Trinajstić information content (AvgIpc) is 2.82. The van der Waals surface area contributed by atoms with E-state index >= 15 is 0 Å². The van der Waals surface area contributed by atoms with E-state index < -0.39 is 5.97 Å². The molecule has 0 saturated heterocycles. The van der Waals surface area contributed by atoms with Crippen molar-refractivity contribution in [3.8, 4) is 16.9 Å². The fourth-order valence-electron chi connectivity index (χ4n) is 3.33. The number of aryl methyl sites for hydroxylation is 1. The molecule has 0 fully saturated rings. The van der Waals surface area contributed by atoms with Gasteiger partial charge in [0, 0.05) is 12.4 Å². The highest BCUT2D eigenvalue weighted by Gasteiger charge is 2.17. The summed E-state index contributed by atoms with van der Waals surface area (Å²) >= 11 is 0. The number of rotatable bonds is 7. The largest absolute Gasteiger partial charge is 0.480 e. The predicted octanol–water partition coefficient (Wildman–Crippen LogP) is 4.24. The lowest BCUT2D eigenvalue weighted by atomic mass is 10.0. The van der Waals surface area contributed by atoms with E-state index in [0.717, 1.165) is 16.8 Å². The summed E-state index contributed by atoms with van der Waals surface area (Å²) in [5.74, 6) is 0.732. The van der Waals surface area contributed by atoms with Gasteiger partial charge in [-0.2, -0.15) is 5.10 Å². The number of benzene rings is 2. The van der Waals surface area contributed by atoms with Gasteiger partial charge in [0.15, 0.2) is 12.4 Å². The number of hydrogen-bond donors (Lipinski definition) is 0. The molecule has 0 N–H and O–H groups in total. The number of nitrogens with zero attached hydrogens (tertiary/aromatic N) is 5. The van der Waals surface area contributed by atoms with E-state index in [-0.39, 0.29) is 19.0 Å². The number of carbonyl (C=O) groups is 1. The molecule has 2 heterocycles. The molecule has 0 aliphatic heterocycles. The van der Waals surface area contributed by atoms with Crippen molar-refractivity contribution in [3.63, 3.8) is 0 Å². The van der Waals surface area contributed by atoms with Crippen LogP contribution in [0, 0.1) is 12.7 Å². The molecule has 0 aliphatic rings. The number of hydrogen-bond acceptors (Lipinski definition) is 8. The van der Waals surface area contributed by atoms with Gasteiger partial charge >= 0.3 is 5.97 Å². The minimum Gasteiger partial charge on any atom is -0.480 e. The molecule has 0 amide bonds. The Hall–Kier alpha value is -4.14. The van der Waals surface area contributed by atoms with Crippen LogP contribution in [-0.2, 0) is 9.53 Å². The van der Waals surface area contributed by atoms with Gasteiger partial charge in [-0.15, -0.1) is 5.10 Å². The van der Waals surface area contributed by atoms with Crippen LogP contribution in [0.25, 0.3) is 22.0 Å². The minimum absolute atomic E-state index is 0.257. The molecule has 0 spiro atoms. The van der Waals surface area contributed by atoms with Crippen LogP contribution in [0.1, 0.15) is 12.6 Å². The summed E-state index contributed by atoms with van der Waals surface area (Å²) in [5.41, 5.74) is 2.84. The summed E-state index contributed by atoms with van der Waals surface area (Å²) < 4.78 is 24.2. The summed E-state index contributed by atoms with van der Waals surface area (Å²) in [6.07, 6.45) is 1.42. The second kappa shape index (κ2) is 9.56. The molecule has 9 heteroatoms. The van der Waals surface area contributed by atoms with Crippen LogP contribution in [0.5, 0.6) is 5.75 Å². The quantitative estimate of drug-likeness (QED) is 0.389. The monoisotopic (exact) mass is 447 g/mol. The predicted molar refractivity (Wildman–Crippen MR) is 122 cm³/mol. The van der Waals surface area contributed by atoms with Crippen LogP contribution in [0.15, 0.2) is 54.9 Å². The van der Waals surface area contributed by atoms with E-state index in [2.05, 4.69) is 20.2 Å². The van der Waals surface area contributed by atoms with E-state index in [1.165, 1.54) is 18.5 Å². The second-order valence-corrected chi connectivity index (χ2v) is 7.26. The molecule has 168 valence electrons. The highest BCUT2D eigenvalue weighted by Crippen LogP contribution is 2.36. The second-order valence-electron chi connectivity index (χ2n) is 7.26. The normalized spacial score (nSPS) is 10.8. The lowest BCUT2D eigenvalue weighted by Gasteiger charge is -2.19. The maximum absolute atomic E-state index is 13.5. The van der Waals surface area contributed by atoms with Crippen molar-refractivity contribution < 1.29 is 18.7 Å². The number of esters is 1. The van der Waals surface area contributed by atoms with Crippen molar-refractivity contribution in [2.75, 3.05) is 25.2 Å². The lowest BCUT2D eigenvalue weighted by molar-refractivity contribution is -0.145. The first kappa shape index (κ1) is 22.1. The zero-order valence-corrected chi connectivity index (χ0v) is 18.4. The van der Waals surface area contributed by atoms with Crippen LogP contribution in [0.3, 0.4) is 0 Å². The summed E-state index contributed by atoms with van der Waals surface area (Å²) in [7, 11) is 1.82. The van der Waals surface area contributed by atoms with E-state index in [0.29, 0.717) is 28.3 Å². The minimum atomic E-state index is -0.487. The van der Waals surface area contributed by atoms with Crippen molar-refractivity contribution >= 4 is 28.5 Å². The molecule has 0 atom stereocenters. The number of aromatic nitrogens is 4. The number of ether oxygens (including phenoxy) is 2. The Kier molecular flexibility index (Phi) is 6.39. The zero-order valence-electron chi connectivity index (χ0n) is 18.4. The fraction of sp³-hybridized carbons (Fsp3) is 0.208. The van der Waals surface area contributed by atoms with Gasteiger partial charge in [-0.05, 0) is 61.4 Å². The van der Waals surface area contributed by atoms with Crippen molar-refractivity contribution in [3.05, 3.63) is 66.4 Å². The smallest absolute Gasteiger partial charge is 0.344 e. The van der Waals surface area contributed by atoms with Crippen molar-refractivity contribution in [1.82, 2.24) is 20.2 Å². The van der Waals surface area contributed by atoms with Crippen LogP contribution < -0.4 is 9.64 Å². The molecule has 0 saturated carbocycles. The lowest BCUT2D eigenvalue weighted by Crippen LogP contribution is -2.16. The maximum Gasteiger partial charge on any atom is 0.344 e. The van der Waals surface area contributed by atoms with Gasteiger partial charge in [-0.3, -0.25) is 0 Å². The Morgan fingerprint density at radius 2 is 1.82 bits per heavy atom. The molecule has 2 aromatic carbocycles. The van der Waals surface area contributed by atoms with E-state index in [9.17, 15) is 9.18 Å². The Balaban J connectivity index is 1.84. The fourth-order valence-corrected chi connectivity index (χ4v) is 3.33. The summed E-state index contributed by atoms with van der Waals surface area (Å²) in [6.45, 7) is 3.58. The first-order valence-electron chi connectivity index (χ1n) is 10.3. The number of anilines is 2. The van der Waals surface area contributed by atoms with E-state index in [1.54, 1.807) is 30.0 Å². The van der Waals surface area contributed by atoms with Crippen LogP contribution in [-0.4, -0.2) is 46.4 Å². The first-order chi connectivity index (χ1) is 16.0. The highest BCUT2D eigenvalue weighted by atomic mass is 19.1. The Morgan fingerprint density at radius 3 is 2.52 bits per heavy atom. The van der Waals surface area contributed by atoms with E-state index in [4.69, 9.17) is 9.47 Å². The number of fused-ring (bicyclic) bond motifs is 1. The van der Waals surface area contributed by atoms with Crippen molar-refractivity contribution in [2.24, 2.45) is 0 Å². The molecule has 8 nitrogen and oxygen atoms in total. The SMILES string of the molecule is CCOC(=O)COc1cc(-c2ccc(F)cc2)cc2c(N(C)c3ccc(C)nn3)ncnc12. The zero-order chi connectivity index (χ0) is 23.4. The van der Waals surface area contributed by atoms with Gasteiger partial charge in [-0.1, -0.05) is 12.1 Å². The van der Waals surface area contributed by atoms with Gasteiger partial charge < -0.3 is 14.4 Å². The van der Waals surface area contributed by atoms with Crippen LogP contribution in [0.2, 0.25) is 0 Å². The van der Waals surface area contributed by atoms with E-state index in [1.807, 2.05) is 32.2 Å². The van der Waals surface area contributed by atoms with Gasteiger partial charge in [0.05, 0.1) is 12.3 Å². The standard InChI is InChI=1S/C24H22FN5O3/c1-4-32-22(31)13-33-20-12-17(16-6-8-18(25)9-7-16)11-19-23(20)26-14-27-24(19)30(3)21-10-5-15(2)28-29-21/h5-12,14H,4,13H2,1-3H3. The third-order valence-electron chi connectivity index (χ3n) is 4.96. The molecule has 0 radical (unpaired) electrons. The summed E-state index contributed by atoms with van der Waals surface area (Å²) in [5, 5.41) is 9.02. The molecule has 33 heavy (non-hydrogen) atoms. The molecule has 4 aromatic rings. The van der Waals surface area contributed by atoms with Gasteiger partial charge in [0.25, 0.3) is 0 Å². The molecule has 4 rings (SSSR count). The average molecular weight is 447 g/mol.